The van der Waals surface area contributed by atoms with Crippen LogP contribution in [-0.2, 0) is 11.3 Å². The number of carbonyl (C=O) groups excluding carboxylic acids is 1. The van der Waals surface area contributed by atoms with E-state index in [1.54, 1.807) is 23.5 Å². The number of thiophene rings is 1. The molecular weight excluding hydrogens is 362 g/mol. The highest BCUT2D eigenvalue weighted by atomic mass is 32.1. The summed E-state index contributed by atoms with van der Waals surface area (Å²) in [5.41, 5.74) is 0.605. The Bertz CT molecular complexity index is 840. The zero-order valence-corrected chi connectivity index (χ0v) is 14.9. The van der Waals surface area contributed by atoms with E-state index in [1.807, 2.05) is 12.1 Å². The second-order valence-electron chi connectivity index (χ2n) is 6.49. The maximum absolute atomic E-state index is 13.4. The molecule has 0 bridgehead atoms. The number of alkyl halides is 2. The molecule has 0 aliphatic carbocycles. The third-order valence-electron chi connectivity index (χ3n) is 4.41. The lowest BCUT2D eigenvalue weighted by Gasteiger charge is -2.15. The first-order chi connectivity index (χ1) is 12.4. The van der Waals surface area contributed by atoms with Gasteiger partial charge in [-0.1, -0.05) is 6.07 Å². The Morgan fingerprint density at radius 2 is 2.19 bits per heavy atom. The van der Waals surface area contributed by atoms with Gasteiger partial charge in [0.05, 0.1) is 0 Å². The van der Waals surface area contributed by atoms with Gasteiger partial charge >= 0.3 is 6.29 Å². The molecule has 1 atom stereocenters. The first-order valence-electron chi connectivity index (χ1n) is 8.37. The molecule has 0 radical (unpaired) electrons. The van der Waals surface area contributed by atoms with Crippen LogP contribution in [0.4, 0.5) is 8.78 Å². The third-order valence-corrected chi connectivity index (χ3v) is 5.52. The number of likely N-dealkylation sites (tertiary alicyclic amines) is 1. The molecule has 2 aliphatic heterocycles. The van der Waals surface area contributed by atoms with Crippen LogP contribution in [-0.4, -0.2) is 36.2 Å². The van der Waals surface area contributed by atoms with Crippen molar-refractivity contribution < 1.29 is 23.0 Å². The van der Waals surface area contributed by atoms with Gasteiger partial charge in [0.25, 0.3) is 0 Å². The molecule has 26 heavy (non-hydrogen) atoms. The second kappa shape index (κ2) is 6.51. The summed E-state index contributed by atoms with van der Waals surface area (Å²) in [5.74, 6) is 0.130. The molecule has 3 heterocycles. The van der Waals surface area contributed by atoms with Crippen LogP contribution in [0.15, 0.2) is 30.3 Å². The molecule has 138 valence electrons. The van der Waals surface area contributed by atoms with Crippen molar-refractivity contribution in [3.8, 4) is 21.9 Å². The minimum atomic E-state index is -3.62. The standard InChI is InChI=1S/C18H18F2N2O3S/c1-11(23)21-12-7-8-22(9-12)10-13-5-6-16(26-13)14-3-2-4-15-17(14)25-18(19,20)24-15/h2-6,12H,7-10H2,1H3,(H,21,23). The summed E-state index contributed by atoms with van der Waals surface area (Å²) < 4.78 is 35.9. The number of amides is 1. The van der Waals surface area contributed by atoms with Crippen LogP contribution in [0, 0.1) is 0 Å². The number of nitrogens with one attached hydrogen (secondary N) is 1. The van der Waals surface area contributed by atoms with E-state index < -0.39 is 6.29 Å². The summed E-state index contributed by atoms with van der Waals surface area (Å²) in [6.45, 7) is 4.03. The lowest BCUT2D eigenvalue weighted by Crippen LogP contribution is -2.35. The number of nitrogens with zero attached hydrogens (tertiary/aromatic N) is 1. The van der Waals surface area contributed by atoms with E-state index in [0.29, 0.717) is 5.56 Å². The lowest BCUT2D eigenvalue weighted by atomic mass is 10.1. The van der Waals surface area contributed by atoms with Crippen LogP contribution >= 0.6 is 11.3 Å². The Morgan fingerprint density at radius 1 is 1.35 bits per heavy atom. The highest BCUT2D eigenvalue weighted by Crippen LogP contribution is 2.48. The van der Waals surface area contributed by atoms with Gasteiger partial charge in [0.2, 0.25) is 5.91 Å². The van der Waals surface area contributed by atoms with Crippen molar-refractivity contribution in [3.63, 3.8) is 0 Å². The number of ether oxygens (including phenoxy) is 2. The monoisotopic (exact) mass is 380 g/mol. The minimum absolute atomic E-state index is 0.00721. The molecule has 2 aliphatic rings. The fraction of sp³-hybridized carbons (Fsp3) is 0.389. The zero-order chi connectivity index (χ0) is 18.3. The maximum Gasteiger partial charge on any atom is 0.586 e. The molecule has 1 aromatic heterocycles. The summed E-state index contributed by atoms with van der Waals surface area (Å²) in [6.07, 6.45) is -2.68. The van der Waals surface area contributed by atoms with Gasteiger partial charge in [-0.2, -0.15) is 0 Å². The first kappa shape index (κ1) is 17.2. The number of rotatable bonds is 4. The van der Waals surface area contributed by atoms with Crippen LogP contribution in [0.2, 0.25) is 0 Å². The molecule has 1 aromatic carbocycles. The van der Waals surface area contributed by atoms with E-state index in [-0.39, 0.29) is 23.4 Å². The van der Waals surface area contributed by atoms with E-state index in [9.17, 15) is 13.6 Å². The lowest BCUT2D eigenvalue weighted by molar-refractivity contribution is -0.286. The number of fused-ring (bicyclic) bond motifs is 1. The fourth-order valence-electron chi connectivity index (χ4n) is 3.37. The van der Waals surface area contributed by atoms with Gasteiger partial charge in [-0.3, -0.25) is 9.69 Å². The zero-order valence-electron chi connectivity index (χ0n) is 14.1. The number of halogens is 2. The number of para-hydroxylation sites is 1. The molecule has 1 unspecified atom stereocenters. The predicted molar refractivity (Wildman–Crippen MR) is 93.5 cm³/mol. The normalized spacial score (nSPS) is 21.1. The molecule has 5 nitrogen and oxygen atoms in total. The van der Waals surface area contributed by atoms with Gasteiger partial charge in [-0.15, -0.1) is 20.1 Å². The molecule has 1 saturated heterocycles. The smallest absolute Gasteiger partial charge is 0.395 e. The van der Waals surface area contributed by atoms with E-state index in [1.165, 1.54) is 13.0 Å². The summed E-state index contributed by atoms with van der Waals surface area (Å²) in [6, 6.07) is 9.01. The average molecular weight is 380 g/mol. The number of benzene rings is 1. The Morgan fingerprint density at radius 3 is 3.00 bits per heavy atom. The summed E-state index contributed by atoms with van der Waals surface area (Å²) >= 11 is 1.54. The van der Waals surface area contributed by atoms with Crippen molar-refractivity contribution in [2.45, 2.75) is 32.2 Å². The van der Waals surface area contributed by atoms with E-state index in [4.69, 9.17) is 0 Å². The van der Waals surface area contributed by atoms with Crippen LogP contribution in [0.5, 0.6) is 11.5 Å². The first-order valence-corrected chi connectivity index (χ1v) is 9.19. The molecule has 1 N–H and O–H groups in total. The number of hydrogen-bond donors (Lipinski definition) is 1. The van der Waals surface area contributed by atoms with Gasteiger partial charge in [0, 0.05) is 47.9 Å². The van der Waals surface area contributed by atoms with E-state index in [0.717, 1.165) is 35.8 Å². The van der Waals surface area contributed by atoms with Gasteiger partial charge in [0.15, 0.2) is 11.5 Å². The molecule has 0 spiro atoms. The van der Waals surface area contributed by atoms with Crippen LogP contribution < -0.4 is 14.8 Å². The van der Waals surface area contributed by atoms with Crippen LogP contribution in [0.1, 0.15) is 18.2 Å². The van der Waals surface area contributed by atoms with Gasteiger partial charge < -0.3 is 14.8 Å². The largest absolute Gasteiger partial charge is 0.586 e. The van der Waals surface area contributed by atoms with E-state index >= 15 is 0 Å². The predicted octanol–water partition coefficient (Wildman–Crippen LogP) is 3.45. The third kappa shape index (κ3) is 3.52. The topological polar surface area (TPSA) is 50.8 Å². The van der Waals surface area contributed by atoms with E-state index in [2.05, 4.69) is 19.7 Å². The van der Waals surface area contributed by atoms with Gasteiger partial charge in [0.1, 0.15) is 0 Å². The quantitative estimate of drug-likeness (QED) is 0.883. The SMILES string of the molecule is CC(=O)NC1CCN(Cc2ccc(-c3cccc4c3OC(F)(F)O4)s2)C1. The number of carbonyl (C=O) groups is 1. The summed E-state index contributed by atoms with van der Waals surface area (Å²) in [7, 11) is 0. The Kier molecular flexibility index (Phi) is 4.32. The molecule has 8 heteroatoms. The molecule has 1 amide bonds. The molecule has 4 rings (SSSR count). The number of hydrogen-bond acceptors (Lipinski definition) is 5. The Labute approximate surface area is 153 Å². The highest BCUT2D eigenvalue weighted by molar-refractivity contribution is 7.15. The summed E-state index contributed by atoms with van der Waals surface area (Å²) in [5, 5.41) is 2.95. The van der Waals surface area contributed by atoms with Crippen molar-refractivity contribution in [2.75, 3.05) is 13.1 Å². The summed E-state index contributed by atoms with van der Waals surface area (Å²) in [4.78, 5) is 15.4. The highest BCUT2D eigenvalue weighted by Gasteiger charge is 2.44. The molecule has 2 aromatic rings. The Hall–Kier alpha value is -2.19. The van der Waals surface area contributed by atoms with Crippen molar-refractivity contribution >= 4 is 17.2 Å². The fourth-order valence-corrected chi connectivity index (χ4v) is 4.45. The molecule has 0 saturated carbocycles. The molecule has 1 fully saturated rings. The average Bonchev–Trinajstić information content (AvgIpc) is 3.24. The van der Waals surface area contributed by atoms with Gasteiger partial charge in [-0.05, 0) is 30.7 Å². The van der Waals surface area contributed by atoms with Gasteiger partial charge in [-0.25, -0.2) is 0 Å². The van der Waals surface area contributed by atoms with Crippen molar-refractivity contribution in [2.24, 2.45) is 0 Å². The molecular formula is C18H18F2N2O3S. The Balaban J connectivity index is 1.47. The van der Waals surface area contributed by atoms with Crippen molar-refractivity contribution in [3.05, 3.63) is 35.2 Å². The maximum atomic E-state index is 13.4. The minimum Gasteiger partial charge on any atom is -0.395 e. The second-order valence-corrected chi connectivity index (χ2v) is 7.66. The van der Waals surface area contributed by atoms with Crippen LogP contribution in [0.25, 0.3) is 10.4 Å². The van der Waals surface area contributed by atoms with Crippen LogP contribution in [0.3, 0.4) is 0 Å². The van der Waals surface area contributed by atoms with Crippen molar-refractivity contribution in [1.82, 2.24) is 10.2 Å². The van der Waals surface area contributed by atoms with Crippen molar-refractivity contribution in [1.29, 1.82) is 0 Å².